The second-order valence-electron chi connectivity index (χ2n) is 6.92. The molecule has 0 aliphatic heterocycles. The molecule has 1 aromatic carbocycles. The van der Waals surface area contributed by atoms with Gasteiger partial charge in [0.15, 0.2) is 5.16 Å². The van der Waals surface area contributed by atoms with E-state index in [1.807, 2.05) is 30.3 Å². The van der Waals surface area contributed by atoms with Gasteiger partial charge in [-0.25, -0.2) is 9.89 Å². The van der Waals surface area contributed by atoms with E-state index in [1.165, 1.54) is 36.6 Å². The molecular formula is C19H26N4O2S. The van der Waals surface area contributed by atoms with Crippen molar-refractivity contribution in [3.8, 4) is 0 Å². The lowest BCUT2D eigenvalue weighted by molar-refractivity contribution is -0.119. The Morgan fingerprint density at radius 1 is 1.31 bits per heavy atom. The average Bonchev–Trinajstić information content (AvgIpc) is 3.01. The molecule has 1 saturated carbocycles. The van der Waals surface area contributed by atoms with Crippen molar-refractivity contribution in [3.05, 3.63) is 46.4 Å². The molecule has 2 N–H and O–H groups in total. The highest BCUT2D eigenvalue weighted by molar-refractivity contribution is 7.99. The van der Waals surface area contributed by atoms with Crippen molar-refractivity contribution in [2.75, 3.05) is 5.75 Å². The van der Waals surface area contributed by atoms with Crippen LogP contribution in [-0.4, -0.2) is 32.5 Å². The summed E-state index contributed by atoms with van der Waals surface area (Å²) in [5, 5.41) is 10.3. The third-order valence-corrected chi connectivity index (χ3v) is 5.96. The number of H-pyrrole nitrogens is 1. The van der Waals surface area contributed by atoms with Crippen molar-refractivity contribution in [2.24, 2.45) is 5.92 Å². The van der Waals surface area contributed by atoms with Gasteiger partial charge in [-0.15, -0.1) is 5.10 Å². The maximum Gasteiger partial charge on any atom is 0.343 e. The molecule has 3 rings (SSSR count). The summed E-state index contributed by atoms with van der Waals surface area (Å²) in [5.41, 5.74) is 0.935. The van der Waals surface area contributed by atoms with Gasteiger partial charge in [0.1, 0.15) is 0 Å². The lowest BCUT2D eigenvalue weighted by Crippen LogP contribution is -2.41. The van der Waals surface area contributed by atoms with Crippen LogP contribution in [0.25, 0.3) is 0 Å². The largest absolute Gasteiger partial charge is 0.352 e. The molecule has 1 amide bonds. The van der Waals surface area contributed by atoms with Gasteiger partial charge in [0, 0.05) is 12.6 Å². The molecule has 0 bridgehead atoms. The Labute approximate surface area is 157 Å². The fourth-order valence-electron chi connectivity index (χ4n) is 3.41. The van der Waals surface area contributed by atoms with E-state index in [0.29, 0.717) is 17.6 Å². The second-order valence-corrected chi connectivity index (χ2v) is 7.87. The SMILES string of the molecule is C[C@H]1CCCC[C@H]1NC(=O)CSc1n[nH]c(=O)n1CCc1ccccc1. The van der Waals surface area contributed by atoms with E-state index in [2.05, 4.69) is 22.4 Å². The van der Waals surface area contributed by atoms with Gasteiger partial charge in [-0.1, -0.05) is 61.9 Å². The van der Waals surface area contributed by atoms with Gasteiger partial charge in [-0.2, -0.15) is 0 Å². The molecule has 2 atom stereocenters. The zero-order valence-corrected chi connectivity index (χ0v) is 15.9. The van der Waals surface area contributed by atoms with E-state index in [-0.39, 0.29) is 23.4 Å². The molecule has 1 aromatic heterocycles. The van der Waals surface area contributed by atoms with Crippen LogP contribution in [-0.2, 0) is 17.8 Å². The maximum atomic E-state index is 12.3. The van der Waals surface area contributed by atoms with Gasteiger partial charge in [0.05, 0.1) is 5.75 Å². The number of nitrogens with one attached hydrogen (secondary N) is 2. The van der Waals surface area contributed by atoms with E-state index in [0.717, 1.165) is 12.8 Å². The Kier molecular flexibility index (Phi) is 6.55. The Bertz CT molecular complexity index is 771. The highest BCUT2D eigenvalue weighted by atomic mass is 32.2. The zero-order chi connectivity index (χ0) is 18.4. The molecule has 1 fully saturated rings. The van der Waals surface area contributed by atoms with Gasteiger partial charge in [-0.3, -0.25) is 9.36 Å². The number of hydrogen-bond acceptors (Lipinski definition) is 4. The minimum Gasteiger partial charge on any atom is -0.352 e. The van der Waals surface area contributed by atoms with Gasteiger partial charge < -0.3 is 5.32 Å². The minimum atomic E-state index is -0.232. The molecule has 140 valence electrons. The van der Waals surface area contributed by atoms with Crippen molar-refractivity contribution in [2.45, 2.75) is 56.8 Å². The molecule has 0 unspecified atom stereocenters. The molecule has 1 aliphatic carbocycles. The predicted octanol–water partition coefficient (Wildman–Crippen LogP) is 2.60. The summed E-state index contributed by atoms with van der Waals surface area (Å²) < 4.78 is 1.61. The van der Waals surface area contributed by atoms with Gasteiger partial charge in [0.2, 0.25) is 5.91 Å². The van der Waals surface area contributed by atoms with E-state index in [1.54, 1.807) is 4.57 Å². The molecular weight excluding hydrogens is 348 g/mol. The number of rotatable bonds is 7. The molecule has 1 heterocycles. The fourth-order valence-corrected chi connectivity index (χ4v) is 4.19. The first-order valence-electron chi connectivity index (χ1n) is 9.25. The van der Waals surface area contributed by atoms with Crippen molar-refractivity contribution < 1.29 is 4.79 Å². The molecule has 0 saturated heterocycles. The Hall–Kier alpha value is -2.02. The maximum absolute atomic E-state index is 12.3. The van der Waals surface area contributed by atoms with Gasteiger partial charge >= 0.3 is 5.69 Å². The highest BCUT2D eigenvalue weighted by Gasteiger charge is 2.23. The van der Waals surface area contributed by atoms with E-state index >= 15 is 0 Å². The summed E-state index contributed by atoms with van der Waals surface area (Å²) in [5.74, 6) is 0.824. The summed E-state index contributed by atoms with van der Waals surface area (Å²) in [6.45, 7) is 2.75. The monoisotopic (exact) mass is 374 g/mol. The van der Waals surface area contributed by atoms with Crippen molar-refractivity contribution in [1.82, 2.24) is 20.1 Å². The number of carbonyl (C=O) groups is 1. The van der Waals surface area contributed by atoms with Crippen LogP contribution >= 0.6 is 11.8 Å². The number of aryl methyl sites for hydroxylation is 1. The number of aromatic nitrogens is 3. The van der Waals surface area contributed by atoms with Crippen molar-refractivity contribution in [1.29, 1.82) is 0 Å². The highest BCUT2D eigenvalue weighted by Crippen LogP contribution is 2.24. The Morgan fingerprint density at radius 3 is 2.85 bits per heavy atom. The number of nitrogens with zero attached hydrogens (tertiary/aromatic N) is 2. The minimum absolute atomic E-state index is 0.0128. The number of carbonyl (C=O) groups excluding carboxylic acids is 1. The van der Waals surface area contributed by atoms with E-state index in [9.17, 15) is 9.59 Å². The first-order valence-corrected chi connectivity index (χ1v) is 10.2. The third-order valence-electron chi connectivity index (χ3n) is 4.98. The van der Waals surface area contributed by atoms with Crippen LogP contribution in [0.2, 0.25) is 0 Å². The number of aromatic amines is 1. The molecule has 1 aliphatic rings. The Morgan fingerprint density at radius 2 is 2.08 bits per heavy atom. The Balaban J connectivity index is 1.53. The van der Waals surface area contributed by atoms with Crippen molar-refractivity contribution in [3.63, 3.8) is 0 Å². The molecule has 0 radical (unpaired) electrons. The summed E-state index contributed by atoms with van der Waals surface area (Å²) >= 11 is 1.31. The lowest BCUT2D eigenvalue weighted by atomic mass is 9.86. The summed E-state index contributed by atoms with van der Waals surface area (Å²) in [6.07, 6.45) is 5.42. The van der Waals surface area contributed by atoms with E-state index in [4.69, 9.17) is 0 Å². The lowest BCUT2D eigenvalue weighted by Gasteiger charge is -2.29. The summed E-state index contributed by atoms with van der Waals surface area (Å²) in [7, 11) is 0. The average molecular weight is 375 g/mol. The molecule has 26 heavy (non-hydrogen) atoms. The van der Waals surface area contributed by atoms with Crippen LogP contribution in [0, 0.1) is 5.92 Å². The number of hydrogen-bond donors (Lipinski definition) is 2. The predicted molar refractivity (Wildman–Crippen MR) is 103 cm³/mol. The summed E-state index contributed by atoms with van der Waals surface area (Å²) in [6, 6.07) is 10.3. The molecule has 0 spiro atoms. The second kappa shape index (κ2) is 9.07. The number of benzene rings is 1. The van der Waals surface area contributed by atoms with Crippen LogP contribution in [0.3, 0.4) is 0 Å². The van der Waals surface area contributed by atoms with Gasteiger partial charge in [0.25, 0.3) is 0 Å². The van der Waals surface area contributed by atoms with Gasteiger partial charge in [-0.05, 0) is 30.7 Å². The van der Waals surface area contributed by atoms with Crippen molar-refractivity contribution >= 4 is 17.7 Å². The molecule has 7 heteroatoms. The number of amides is 1. The fraction of sp³-hybridized carbons (Fsp3) is 0.526. The topological polar surface area (TPSA) is 79.8 Å². The first-order chi connectivity index (χ1) is 12.6. The standard InChI is InChI=1S/C19H26N4O2S/c1-14-7-5-6-10-16(14)20-17(24)13-26-19-22-21-18(25)23(19)12-11-15-8-3-2-4-9-15/h2-4,8-9,14,16H,5-7,10-13H2,1H3,(H,20,24)(H,21,25)/t14-,16+/m0/s1. The normalized spacial score (nSPS) is 20.0. The van der Waals surface area contributed by atoms with Crippen LogP contribution in [0.5, 0.6) is 0 Å². The molecule has 6 nitrogen and oxygen atoms in total. The van der Waals surface area contributed by atoms with Crippen LogP contribution in [0.1, 0.15) is 38.2 Å². The van der Waals surface area contributed by atoms with Crippen LogP contribution < -0.4 is 11.0 Å². The quantitative estimate of drug-likeness (QED) is 0.730. The number of thioether (sulfide) groups is 1. The third kappa shape index (κ3) is 5.00. The summed E-state index contributed by atoms with van der Waals surface area (Å²) in [4.78, 5) is 24.3. The van der Waals surface area contributed by atoms with Crippen LogP contribution in [0.4, 0.5) is 0 Å². The van der Waals surface area contributed by atoms with Crippen LogP contribution in [0.15, 0.2) is 40.3 Å². The first kappa shape index (κ1) is 18.8. The smallest absolute Gasteiger partial charge is 0.343 e. The zero-order valence-electron chi connectivity index (χ0n) is 15.1. The van der Waals surface area contributed by atoms with E-state index < -0.39 is 0 Å². The molecule has 2 aromatic rings.